The van der Waals surface area contributed by atoms with Crippen LogP contribution in [0.4, 0.5) is 23.2 Å². The number of hydrogen-bond acceptors (Lipinski definition) is 5. The number of aromatic amines is 1. The van der Waals surface area contributed by atoms with E-state index in [4.69, 9.17) is 9.47 Å². The highest BCUT2D eigenvalue weighted by molar-refractivity contribution is 5.85. The second-order valence-corrected chi connectivity index (χ2v) is 11.1. The van der Waals surface area contributed by atoms with Gasteiger partial charge in [0.2, 0.25) is 0 Å². The van der Waals surface area contributed by atoms with Gasteiger partial charge in [0.15, 0.2) is 5.67 Å². The molecule has 0 amide bonds. The van der Waals surface area contributed by atoms with Crippen molar-refractivity contribution in [3.63, 3.8) is 0 Å². The number of ether oxygens (including phenoxy) is 2. The maximum atomic E-state index is 15.4. The molecule has 6 nitrogen and oxygen atoms in total. The smallest absolute Gasteiger partial charge is 0.387 e. The van der Waals surface area contributed by atoms with E-state index in [2.05, 4.69) is 33.1 Å². The summed E-state index contributed by atoms with van der Waals surface area (Å²) < 4.78 is 65.6. The van der Waals surface area contributed by atoms with Gasteiger partial charge in [-0.2, -0.15) is 8.78 Å². The Hall–Kier alpha value is -2.82. The van der Waals surface area contributed by atoms with E-state index < -0.39 is 18.3 Å². The van der Waals surface area contributed by atoms with Gasteiger partial charge in [0.25, 0.3) is 0 Å². The predicted octanol–water partition coefficient (Wildman–Crippen LogP) is 5.30. The molecule has 4 heterocycles. The molecule has 3 aromatic rings. The molecule has 2 atom stereocenters. The second kappa shape index (κ2) is 10.6. The first-order chi connectivity index (χ1) is 18.8. The van der Waals surface area contributed by atoms with E-state index >= 15 is 4.39 Å². The third-order valence-electron chi connectivity index (χ3n) is 8.16. The average molecular weight is 547 g/mol. The van der Waals surface area contributed by atoms with Crippen LogP contribution >= 0.6 is 0 Å². The summed E-state index contributed by atoms with van der Waals surface area (Å²) in [5, 5.41) is 4.47. The summed E-state index contributed by atoms with van der Waals surface area (Å²) in [4.78, 5) is 7.72. The van der Waals surface area contributed by atoms with E-state index in [1.54, 1.807) is 6.07 Å². The minimum Gasteiger partial charge on any atom is -0.434 e. The molecule has 39 heavy (non-hydrogen) atoms. The van der Waals surface area contributed by atoms with Gasteiger partial charge in [0.1, 0.15) is 5.75 Å². The molecule has 1 aromatic heterocycles. The number of halogens is 4. The maximum Gasteiger partial charge on any atom is 0.387 e. The summed E-state index contributed by atoms with van der Waals surface area (Å²) in [7, 11) is 0. The van der Waals surface area contributed by atoms with Crippen LogP contribution in [0.25, 0.3) is 10.9 Å². The predicted molar refractivity (Wildman–Crippen MR) is 142 cm³/mol. The third-order valence-corrected chi connectivity index (χ3v) is 8.16. The number of nitrogens with zero attached hydrogens (tertiary/aromatic N) is 2. The van der Waals surface area contributed by atoms with Crippen LogP contribution in [0.1, 0.15) is 36.2 Å². The first-order valence-electron chi connectivity index (χ1n) is 13.6. The summed E-state index contributed by atoms with van der Waals surface area (Å²) in [5.41, 5.74) is 2.69. The van der Waals surface area contributed by atoms with Gasteiger partial charge < -0.3 is 19.8 Å². The molecule has 0 bridgehead atoms. The Morgan fingerprint density at radius 1 is 1.18 bits per heavy atom. The standard InChI is InChI=1S/C29H34F4N4O2/c1-18-11-23-21-5-2-3-6-24(21)35-26(23)27(37(18)15-29(33)16-38-17-29)22-8-7-19(12-25(22)39-28(31)32)34-20-13-36(14-20)10-4-9-30/h2-3,5-8,12,18,20,27-28,34-35H,4,9-11,13-17H2,1H3/t18-,27-/m1/s1. The van der Waals surface area contributed by atoms with E-state index in [1.165, 1.54) is 0 Å². The SMILES string of the molecule is C[C@@H]1Cc2c([nH]c3ccccc23)[C@@H](c2ccc(NC3CN(CCCF)C3)cc2OC(F)F)N1CC1(F)COC1. The number of anilines is 1. The Labute approximate surface area is 225 Å². The molecule has 210 valence electrons. The van der Waals surface area contributed by atoms with Crippen molar-refractivity contribution < 1.29 is 27.0 Å². The van der Waals surface area contributed by atoms with Crippen LogP contribution in [-0.2, 0) is 11.2 Å². The van der Waals surface area contributed by atoms with Crippen LogP contribution < -0.4 is 10.1 Å². The molecule has 2 aromatic carbocycles. The van der Waals surface area contributed by atoms with Crippen LogP contribution in [-0.4, -0.2) is 85.2 Å². The van der Waals surface area contributed by atoms with Gasteiger partial charge >= 0.3 is 6.61 Å². The minimum absolute atomic E-state index is 0.0233. The number of alkyl halides is 4. The first kappa shape index (κ1) is 26.4. The zero-order chi connectivity index (χ0) is 27.1. The molecule has 2 N–H and O–H groups in total. The van der Waals surface area contributed by atoms with E-state index in [0.29, 0.717) is 30.6 Å². The molecule has 0 saturated carbocycles. The number of benzene rings is 2. The van der Waals surface area contributed by atoms with Gasteiger partial charge in [0, 0.05) is 66.1 Å². The Kier molecular flexibility index (Phi) is 7.20. The van der Waals surface area contributed by atoms with Gasteiger partial charge in [0.05, 0.1) is 32.0 Å². The van der Waals surface area contributed by atoms with Crippen LogP contribution in [0.2, 0.25) is 0 Å². The number of para-hydroxylation sites is 1. The number of aromatic nitrogens is 1. The summed E-state index contributed by atoms with van der Waals surface area (Å²) in [6.45, 7) is 1.11. The lowest BCUT2D eigenvalue weighted by molar-refractivity contribution is -0.148. The molecule has 0 radical (unpaired) electrons. The van der Waals surface area contributed by atoms with Crippen molar-refractivity contribution >= 4 is 16.6 Å². The van der Waals surface area contributed by atoms with E-state index in [1.807, 2.05) is 30.3 Å². The van der Waals surface area contributed by atoms with Gasteiger partial charge in [-0.25, -0.2) is 4.39 Å². The Morgan fingerprint density at radius 2 is 1.97 bits per heavy atom. The Balaban J connectivity index is 1.36. The van der Waals surface area contributed by atoms with Gasteiger partial charge in [-0.05, 0) is 37.5 Å². The van der Waals surface area contributed by atoms with Crippen molar-refractivity contribution in [2.75, 3.05) is 51.4 Å². The molecular weight excluding hydrogens is 512 g/mol. The van der Waals surface area contributed by atoms with Crippen LogP contribution in [0.5, 0.6) is 5.75 Å². The maximum absolute atomic E-state index is 15.4. The Bertz CT molecular complexity index is 1310. The summed E-state index contributed by atoms with van der Waals surface area (Å²) in [6, 6.07) is 12.9. The van der Waals surface area contributed by atoms with Crippen molar-refractivity contribution in [3.8, 4) is 5.75 Å². The van der Waals surface area contributed by atoms with Gasteiger partial charge in [-0.3, -0.25) is 14.2 Å². The normalized spacial score (nSPS) is 23.4. The molecule has 10 heteroatoms. The first-order valence-corrected chi connectivity index (χ1v) is 13.6. The molecule has 0 spiro atoms. The highest BCUT2D eigenvalue weighted by atomic mass is 19.3. The average Bonchev–Trinajstić information content (AvgIpc) is 3.23. The third kappa shape index (κ3) is 5.21. The number of H-pyrrole nitrogens is 1. The lowest BCUT2D eigenvalue weighted by atomic mass is 9.86. The molecule has 0 aliphatic carbocycles. The van der Waals surface area contributed by atoms with Crippen LogP contribution in [0, 0.1) is 0 Å². The number of likely N-dealkylation sites (tertiary alicyclic amines) is 1. The van der Waals surface area contributed by atoms with E-state index in [-0.39, 0.29) is 44.3 Å². The number of hydrogen-bond donors (Lipinski definition) is 2. The zero-order valence-electron chi connectivity index (χ0n) is 21.9. The number of fused-ring (bicyclic) bond motifs is 3. The lowest BCUT2D eigenvalue weighted by Gasteiger charge is -2.46. The second-order valence-electron chi connectivity index (χ2n) is 11.1. The van der Waals surface area contributed by atoms with E-state index in [9.17, 15) is 13.2 Å². The summed E-state index contributed by atoms with van der Waals surface area (Å²) in [6.07, 6.45) is 1.21. The molecule has 2 saturated heterocycles. The molecule has 3 aliphatic rings. The topological polar surface area (TPSA) is 52.8 Å². The van der Waals surface area contributed by atoms with Crippen molar-refractivity contribution in [2.45, 2.75) is 50.2 Å². The van der Waals surface area contributed by atoms with Crippen molar-refractivity contribution in [1.29, 1.82) is 0 Å². The van der Waals surface area contributed by atoms with Crippen LogP contribution in [0.3, 0.4) is 0 Å². The number of rotatable bonds is 10. The summed E-state index contributed by atoms with van der Waals surface area (Å²) in [5.74, 6) is 0.0649. The van der Waals surface area contributed by atoms with Crippen molar-refractivity contribution in [3.05, 3.63) is 59.3 Å². The molecule has 3 aliphatic heterocycles. The molecule has 2 fully saturated rings. The minimum atomic E-state index is -3.01. The van der Waals surface area contributed by atoms with Gasteiger partial charge in [-0.1, -0.05) is 24.3 Å². The highest BCUT2D eigenvalue weighted by Gasteiger charge is 2.46. The quantitative estimate of drug-likeness (QED) is 0.338. The number of nitrogens with one attached hydrogen (secondary N) is 2. The monoisotopic (exact) mass is 546 g/mol. The summed E-state index contributed by atoms with van der Waals surface area (Å²) >= 11 is 0. The van der Waals surface area contributed by atoms with Gasteiger partial charge in [-0.15, -0.1) is 0 Å². The molecule has 0 unspecified atom stereocenters. The van der Waals surface area contributed by atoms with Crippen molar-refractivity contribution in [1.82, 2.24) is 14.8 Å². The lowest BCUT2D eigenvalue weighted by Crippen LogP contribution is -2.57. The zero-order valence-corrected chi connectivity index (χ0v) is 21.9. The molecular formula is C29H34F4N4O2. The van der Waals surface area contributed by atoms with E-state index in [0.717, 1.165) is 35.2 Å². The van der Waals surface area contributed by atoms with Crippen LogP contribution in [0.15, 0.2) is 42.5 Å². The largest absolute Gasteiger partial charge is 0.434 e. The fraction of sp³-hybridized carbons (Fsp3) is 0.517. The fourth-order valence-electron chi connectivity index (χ4n) is 6.24. The Morgan fingerprint density at radius 3 is 2.69 bits per heavy atom. The highest BCUT2D eigenvalue weighted by Crippen LogP contribution is 2.45. The fourth-order valence-corrected chi connectivity index (χ4v) is 6.24. The molecule has 6 rings (SSSR count). The van der Waals surface area contributed by atoms with Crippen molar-refractivity contribution in [2.24, 2.45) is 0 Å².